The Labute approximate surface area is 73.6 Å². The molecule has 0 spiro atoms. The number of hydrogen-bond donors (Lipinski definition) is 1. The average molecular weight is 159 g/mol. The van der Waals surface area contributed by atoms with E-state index < -0.39 is 0 Å². The molecule has 0 amide bonds. The molecule has 0 aliphatic carbocycles. The van der Waals surface area contributed by atoms with Crippen molar-refractivity contribution in [3.8, 4) is 11.8 Å². The van der Waals surface area contributed by atoms with E-state index in [0.717, 1.165) is 12.0 Å². The summed E-state index contributed by atoms with van der Waals surface area (Å²) in [6.07, 6.45) is 0.772. The fraction of sp³-hybridized carbons (Fsp3) is 0.273. The number of nitrogens with two attached hydrogens (primary N) is 1. The summed E-state index contributed by atoms with van der Waals surface area (Å²) in [5, 5.41) is 0. The van der Waals surface area contributed by atoms with Gasteiger partial charge in [0.2, 0.25) is 0 Å². The van der Waals surface area contributed by atoms with Crippen LogP contribution in [-0.2, 0) is 0 Å². The third-order valence-corrected chi connectivity index (χ3v) is 1.64. The van der Waals surface area contributed by atoms with Gasteiger partial charge in [-0.15, -0.1) is 0 Å². The van der Waals surface area contributed by atoms with Gasteiger partial charge in [-0.1, -0.05) is 30.0 Å². The van der Waals surface area contributed by atoms with Gasteiger partial charge in [0.25, 0.3) is 0 Å². The Morgan fingerprint density at radius 1 is 1.33 bits per heavy atom. The van der Waals surface area contributed by atoms with E-state index in [-0.39, 0.29) is 0 Å². The SMILES string of the molecule is Cc1ccccc1C#CCCN. The van der Waals surface area contributed by atoms with Crippen molar-refractivity contribution in [2.24, 2.45) is 5.73 Å². The molecule has 1 heteroatoms. The Kier molecular flexibility index (Phi) is 3.37. The highest BCUT2D eigenvalue weighted by molar-refractivity contribution is 5.40. The molecule has 1 aromatic carbocycles. The van der Waals surface area contributed by atoms with Crippen LogP contribution in [0, 0.1) is 18.8 Å². The van der Waals surface area contributed by atoms with Crippen LogP contribution in [0.5, 0.6) is 0 Å². The highest BCUT2D eigenvalue weighted by Gasteiger charge is 1.89. The first-order chi connectivity index (χ1) is 5.84. The van der Waals surface area contributed by atoms with E-state index >= 15 is 0 Å². The first kappa shape index (κ1) is 8.83. The molecule has 0 atom stereocenters. The van der Waals surface area contributed by atoms with E-state index in [1.165, 1.54) is 5.56 Å². The zero-order valence-corrected chi connectivity index (χ0v) is 7.30. The molecule has 0 saturated carbocycles. The minimum atomic E-state index is 0.638. The van der Waals surface area contributed by atoms with Gasteiger partial charge in [0.05, 0.1) is 0 Å². The molecule has 1 aromatic rings. The van der Waals surface area contributed by atoms with Crippen molar-refractivity contribution in [3.63, 3.8) is 0 Å². The molecule has 1 nitrogen and oxygen atoms in total. The molecule has 0 radical (unpaired) electrons. The zero-order chi connectivity index (χ0) is 8.81. The third kappa shape index (κ3) is 2.41. The van der Waals surface area contributed by atoms with Crippen LogP contribution in [0.3, 0.4) is 0 Å². The smallest absolute Gasteiger partial charge is 0.0274 e. The molecule has 0 aliphatic heterocycles. The maximum atomic E-state index is 5.33. The third-order valence-electron chi connectivity index (χ3n) is 1.64. The van der Waals surface area contributed by atoms with Crippen LogP contribution < -0.4 is 5.73 Å². The Balaban J connectivity index is 2.77. The molecule has 0 heterocycles. The van der Waals surface area contributed by atoms with Crippen molar-refractivity contribution in [3.05, 3.63) is 35.4 Å². The summed E-state index contributed by atoms with van der Waals surface area (Å²) in [5.74, 6) is 6.10. The normalized spacial score (nSPS) is 8.83. The largest absolute Gasteiger partial charge is 0.330 e. The fourth-order valence-corrected chi connectivity index (χ4v) is 0.943. The second-order valence-corrected chi connectivity index (χ2v) is 2.66. The van der Waals surface area contributed by atoms with E-state index in [9.17, 15) is 0 Å². The Morgan fingerprint density at radius 2 is 2.08 bits per heavy atom. The quantitative estimate of drug-likeness (QED) is 0.620. The molecule has 0 aliphatic rings. The van der Waals surface area contributed by atoms with Crippen molar-refractivity contribution in [2.75, 3.05) is 6.54 Å². The molecule has 0 saturated heterocycles. The lowest BCUT2D eigenvalue weighted by Gasteiger charge is -1.94. The van der Waals surface area contributed by atoms with Crippen molar-refractivity contribution < 1.29 is 0 Å². The highest BCUT2D eigenvalue weighted by Crippen LogP contribution is 2.04. The van der Waals surface area contributed by atoms with Gasteiger partial charge >= 0.3 is 0 Å². The Bertz CT molecular complexity index is 304. The van der Waals surface area contributed by atoms with E-state index in [1.807, 2.05) is 18.2 Å². The average Bonchev–Trinajstić information content (AvgIpc) is 2.09. The minimum absolute atomic E-state index is 0.638. The van der Waals surface area contributed by atoms with Gasteiger partial charge in [-0.05, 0) is 18.6 Å². The van der Waals surface area contributed by atoms with Crippen LogP contribution in [0.2, 0.25) is 0 Å². The van der Waals surface area contributed by atoms with E-state index in [0.29, 0.717) is 6.54 Å². The molecule has 0 bridgehead atoms. The number of rotatable bonds is 1. The summed E-state index contributed by atoms with van der Waals surface area (Å²) in [6.45, 7) is 2.70. The summed E-state index contributed by atoms with van der Waals surface area (Å²) >= 11 is 0. The van der Waals surface area contributed by atoms with E-state index in [1.54, 1.807) is 0 Å². The molecule has 2 N–H and O–H groups in total. The van der Waals surface area contributed by atoms with Gasteiger partial charge in [-0.2, -0.15) is 0 Å². The van der Waals surface area contributed by atoms with Crippen LogP contribution in [0.4, 0.5) is 0 Å². The van der Waals surface area contributed by atoms with Crippen LogP contribution >= 0.6 is 0 Å². The first-order valence-corrected chi connectivity index (χ1v) is 4.09. The van der Waals surface area contributed by atoms with Gasteiger partial charge in [0, 0.05) is 18.5 Å². The maximum absolute atomic E-state index is 5.33. The lowest BCUT2D eigenvalue weighted by atomic mass is 10.1. The molecule has 0 unspecified atom stereocenters. The topological polar surface area (TPSA) is 26.0 Å². The molecular formula is C11H13N. The lowest BCUT2D eigenvalue weighted by molar-refractivity contribution is 1.03. The van der Waals surface area contributed by atoms with Gasteiger partial charge in [0.15, 0.2) is 0 Å². The molecule has 0 fully saturated rings. The molecule has 0 aromatic heterocycles. The highest BCUT2D eigenvalue weighted by atomic mass is 14.5. The minimum Gasteiger partial charge on any atom is -0.330 e. The van der Waals surface area contributed by atoms with Gasteiger partial charge in [-0.25, -0.2) is 0 Å². The lowest BCUT2D eigenvalue weighted by Crippen LogP contribution is -1.95. The van der Waals surface area contributed by atoms with Crippen molar-refractivity contribution >= 4 is 0 Å². The summed E-state index contributed by atoms with van der Waals surface area (Å²) in [4.78, 5) is 0. The van der Waals surface area contributed by atoms with Crippen molar-refractivity contribution in [1.82, 2.24) is 0 Å². The first-order valence-electron chi connectivity index (χ1n) is 4.09. The van der Waals surface area contributed by atoms with E-state index in [2.05, 4.69) is 24.8 Å². The fourth-order valence-electron chi connectivity index (χ4n) is 0.943. The summed E-state index contributed by atoms with van der Waals surface area (Å²) < 4.78 is 0. The standard InChI is InChI=1S/C11H13N/c1-10-6-2-3-7-11(10)8-4-5-9-12/h2-3,6-7H,5,9,12H2,1H3. The Morgan fingerprint density at radius 3 is 2.75 bits per heavy atom. The molecular weight excluding hydrogens is 146 g/mol. The van der Waals surface area contributed by atoms with Crippen LogP contribution in [0.25, 0.3) is 0 Å². The van der Waals surface area contributed by atoms with Crippen LogP contribution in [-0.4, -0.2) is 6.54 Å². The summed E-state index contributed by atoms with van der Waals surface area (Å²) in [5.41, 5.74) is 7.66. The van der Waals surface area contributed by atoms with E-state index in [4.69, 9.17) is 5.73 Å². The Hall–Kier alpha value is -1.26. The number of hydrogen-bond acceptors (Lipinski definition) is 1. The van der Waals surface area contributed by atoms with Crippen molar-refractivity contribution in [2.45, 2.75) is 13.3 Å². The van der Waals surface area contributed by atoms with Gasteiger partial charge in [-0.3, -0.25) is 0 Å². The van der Waals surface area contributed by atoms with Crippen LogP contribution in [0.15, 0.2) is 24.3 Å². The predicted molar refractivity (Wildman–Crippen MR) is 51.7 cm³/mol. The molecule has 1 rings (SSSR count). The predicted octanol–water partition coefficient (Wildman–Crippen LogP) is 1.70. The van der Waals surface area contributed by atoms with Crippen LogP contribution in [0.1, 0.15) is 17.5 Å². The number of aryl methyl sites for hydroxylation is 1. The molecule has 12 heavy (non-hydrogen) atoms. The summed E-state index contributed by atoms with van der Waals surface area (Å²) in [6, 6.07) is 8.11. The summed E-state index contributed by atoms with van der Waals surface area (Å²) in [7, 11) is 0. The number of benzene rings is 1. The maximum Gasteiger partial charge on any atom is 0.0274 e. The van der Waals surface area contributed by atoms with Crippen molar-refractivity contribution in [1.29, 1.82) is 0 Å². The molecule has 62 valence electrons. The second kappa shape index (κ2) is 4.58. The second-order valence-electron chi connectivity index (χ2n) is 2.66. The zero-order valence-electron chi connectivity index (χ0n) is 7.30. The van der Waals surface area contributed by atoms with Gasteiger partial charge in [0.1, 0.15) is 0 Å². The van der Waals surface area contributed by atoms with Gasteiger partial charge < -0.3 is 5.73 Å². The monoisotopic (exact) mass is 159 g/mol.